The third-order valence-corrected chi connectivity index (χ3v) is 4.73. The van der Waals surface area contributed by atoms with Crippen LogP contribution in [0.3, 0.4) is 0 Å². The fourth-order valence-electron chi connectivity index (χ4n) is 1.64. The summed E-state index contributed by atoms with van der Waals surface area (Å²) in [6.45, 7) is 5.55. The van der Waals surface area contributed by atoms with Gasteiger partial charge in [-0.3, -0.25) is 0 Å². The van der Waals surface area contributed by atoms with E-state index in [2.05, 4.69) is 5.32 Å². The molecular weight excluding hydrogens is 250 g/mol. The first-order valence-corrected chi connectivity index (χ1v) is 7.76. The maximum Gasteiger partial charge on any atom is 0.180 e. The van der Waals surface area contributed by atoms with Gasteiger partial charge in [0.15, 0.2) is 9.84 Å². The molecule has 0 bridgehead atoms. The predicted octanol–water partition coefficient (Wildman–Crippen LogP) is 1.91. The molecule has 0 aliphatic rings. The Balaban J connectivity index is 3.11. The molecule has 0 saturated carbocycles. The van der Waals surface area contributed by atoms with Gasteiger partial charge in [0.05, 0.1) is 29.0 Å². The van der Waals surface area contributed by atoms with Crippen molar-refractivity contribution in [2.24, 2.45) is 5.92 Å². The van der Waals surface area contributed by atoms with Crippen molar-refractivity contribution in [3.63, 3.8) is 0 Å². The lowest BCUT2D eigenvalue weighted by Gasteiger charge is -2.22. The smallest absolute Gasteiger partial charge is 0.180 e. The summed E-state index contributed by atoms with van der Waals surface area (Å²) in [5.41, 5.74) is 0.562. The minimum Gasteiger partial charge on any atom is -0.394 e. The van der Waals surface area contributed by atoms with Gasteiger partial charge in [-0.2, -0.15) is 0 Å². The molecule has 1 aromatic carbocycles. The van der Waals surface area contributed by atoms with Crippen molar-refractivity contribution < 1.29 is 13.5 Å². The monoisotopic (exact) mass is 271 g/mol. The molecule has 1 aromatic rings. The summed E-state index contributed by atoms with van der Waals surface area (Å²) in [4.78, 5) is 0.298. The number of anilines is 1. The summed E-state index contributed by atoms with van der Waals surface area (Å²) in [6, 6.07) is 6.66. The molecule has 0 amide bonds. The second kappa shape index (κ2) is 6.20. The summed E-state index contributed by atoms with van der Waals surface area (Å²) in [6.07, 6.45) is 0. The first kappa shape index (κ1) is 15.0. The van der Waals surface area contributed by atoms with Crippen LogP contribution in [0.15, 0.2) is 29.2 Å². The average Bonchev–Trinajstić information content (AvgIpc) is 2.35. The predicted molar refractivity (Wildman–Crippen MR) is 73.5 cm³/mol. The molecule has 0 spiro atoms. The Kier molecular flexibility index (Phi) is 5.16. The zero-order valence-electron chi connectivity index (χ0n) is 11.1. The van der Waals surface area contributed by atoms with E-state index in [-0.39, 0.29) is 24.3 Å². The highest BCUT2D eigenvalue weighted by molar-refractivity contribution is 7.91. The lowest BCUT2D eigenvalue weighted by atomic mass is 10.1. The molecule has 1 rings (SSSR count). The molecule has 0 fully saturated rings. The zero-order chi connectivity index (χ0) is 13.8. The maximum absolute atomic E-state index is 12.0. The molecule has 0 heterocycles. The van der Waals surface area contributed by atoms with Crippen LogP contribution in [0.5, 0.6) is 0 Å². The van der Waals surface area contributed by atoms with Crippen molar-refractivity contribution in [1.82, 2.24) is 0 Å². The first-order valence-electron chi connectivity index (χ1n) is 6.11. The molecule has 5 heteroatoms. The van der Waals surface area contributed by atoms with Crippen LogP contribution >= 0.6 is 0 Å². The number of sulfone groups is 1. The molecule has 0 aliphatic carbocycles. The summed E-state index contributed by atoms with van der Waals surface area (Å²) in [5, 5.41) is 12.4. The van der Waals surface area contributed by atoms with Crippen LogP contribution in [-0.4, -0.2) is 31.9 Å². The van der Waals surface area contributed by atoms with Gasteiger partial charge >= 0.3 is 0 Å². The number of aliphatic hydroxyl groups excluding tert-OH is 1. The van der Waals surface area contributed by atoms with E-state index >= 15 is 0 Å². The topological polar surface area (TPSA) is 66.4 Å². The number of para-hydroxylation sites is 1. The van der Waals surface area contributed by atoms with E-state index in [1.807, 2.05) is 13.8 Å². The van der Waals surface area contributed by atoms with E-state index in [1.165, 1.54) is 0 Å². The summed E-state index contributed by atoms with van der Waals surface area (Å²) >= 11 is 0. The normalized spacial score (nSPS) is 13.6. The molecule has 0 radical (unpaired) electrons. The third-order valence-electron chi connectivity index (χ3n) is 2.94. The van der Waals surface area contributed by atoms with Crippen LogP contribution in [0.4, 0.5) is 5.69 Å². The summed E-state index contributed by atoms with van der Waals surface area (Å²) in [5.74, 6) is 0.282. The SMILES string of the molecule is CCS(=O)(=O)c1ccccc1N[C@H](CO)C(C)C. The van der Waals surface area contributed by atoms with E-state index < -0.39 is 9.84 Å². The van der Waals surface area contributed by atoms with Gasteiger partial charge in [0.1, 0.15) is 0 Å². The largest absolute Gasteiger partial charge is 0.394 e. The van der Waals surface area contributed by atoms with Crippen LogP contribution in [-0.2, 0) is 9.84 Å². The highest BCUT2D eigenvalue weighted by atomic mass is 32.2. The molecule has 0 saturated heterocycles. The Bertz CT molecular complexity index is 483. The number of benzene rings is 1. The molecule has 4 nitrogen and oxygen atoms in total. The van der Waals surface area contributed by atoms with Gasteiger partial charge in [0.25, 0.3) is 0 Å². The van der Waals surface area contributed by atoms with Crippen molar-refractivity contribution in [1.29, 1.82) is 0 Å². The number of aliphatic hydroxyl groups is 1. The Morgan fingerprint density at radius 3 is 2.39 bits per heavy atom. The lowest BCUT2D eigenvalue weighted by molar-refractivity contribution is 0.249. The van der Waals surface area contributed by atoms with E-state index in [4.69, 9.17) is 0 Å². The highest BCUT2D eigenvalue weighted by Crippen LogP contribution is 2.23. The number of hydrogen-bond acceptors (Lipinski definition) is 4. The van der Waals surface area contributed by atoms with Crippen molar-refractivity contribution in [3.05, 3.63) is 24.3 Å². The first-order chi connectivity index (χ1) is 8.42. The minimum atomic E-state index is -3.25. The van der Waals surface area contributed by atoms with Gasteiger partial charge in [-0.15, -0.1) is 0 Å². The fourth-order valence-corrected chi connectivity index (χ4v) is 2.69. The molecule has 2 N–H and O–H groups in total. The van der Waals surface area contributed by atoms with Crippen molar-refractivity contribution >= 4 is 15.5 Å². The summed E-state index contributed by atoms with van der Waals surface area (Å²) < 4.78 is 23.9. The molecule has 1 atom stereocenters. The van der Waals surface area contributed by atoms with Crippen molar-refractivity contribution in [3.8, 4) is 0 Å². The Labute approximate surface area is 109 Å². The van der Waals surface area contributed by atoms with Gasteiger partial charge in [0, 0.05) is 0 Å². The van der Waals surface area contributed by atoms with Gasteiger partial charge < -0.3 is 10.4 Å². The third kappa shape index (κ3) is 3.46. The van der Waals surface area contributed by atoms with E-state index in [0.717, 1.165) is 0 Å². The van der Waals surface area contributed by atoms with Crippen molar-refractivity contribution in [2.45, 2.75) is 31.7 Å². The Hall–Kier alpha value is -1.07. The van der Waals surface area contributed by atoms with Gasteiger partial charge in [-0.05, 0) is 18.1 Å². The van der Waals surface area contributed by atoms with Crippen LogP contribution in [0.2, 0.25) is 0 Å². The zero-order valence-corrected chi connectivity index (χ0v) is 11.9. The minimum absolute atomic E-state index is 0.0296. The van der Waals surface area contributed by atoms with Crippen LogP contribution < -0.4 is 5.32 Å². The van der Waals surface area contributed by atoms with Crippen LogP contribution in [0.25, 0.3) is 0 Å². The van der Waals surface area contributed by atoms with Gasteiger partial charge in [0.2, 0.25) is 0 Å². The molecule has 0 unspecified atom stereocenters. The quantitative estimate of drug-likeness (QED) is 0.829. The maximum atomic E-state index is 12.0. The van der Waals surface area contributed by atoms with E-state index in [9.17, 15) is 13.5 Å². The molecule has 102 valence electrons. The molecular formula is C13H21NO3S. The number of rotatable bonds is 6. The number of nitrogens with one attached hydrogen (secondary N) is 1. The Morgan fingerprint density at radius 2 is 1.89 bits per heavy atom. The van der Waals surface area contributed by atoms with Gasteiger partial charge in [-0.1, -0.05) is 32.9 Å². The van der Waals surface area contributed by atoms with Crippen molar-refractivity contribution in [2.75, 3.05) is 17.7 Å². The van der Waals surface area contributed by atoms with E-state index in [1.54, 1.807) is 31.2 Å². The summed E-state index contributed by atoms with van der Waals surface area (Å²) in [7, 11) is -3.25. The lowest BCUT2D eigenvalue weighted by Crippen LogP contribution is -2.30. The average molecular weight is 271 g/mol. The van der Waals surface area contributed by atoms with E-state index in [0.29, 0.717) is 10.6 Å². The van der Waals surface area contributed by atoms with Crippen LogP contribution in [0.1, 0.15) is 20.8 Å². The fraction of sp³-hybridized carbons (Fsp3) is 0.538. The molecule has 0 aromatic heterocycles. The number of hydrogen-bond donors (Lipinski definition) is 2. The second-order valence-corrected chi connectivity index (χ2v) is 6.82. The van der Waals surface area contributed by atoms with Gasteiger partial charge in [-0.25, -0.2) is 8.42 Å². The standard InChI is InChI=1S/C13H21NO3S/c1-4-18(16,17)13-8-6-5-7-11(13)14-12(9-15)10(2)3/h5-8,10,12,14-15H,4,9H2,1-3H3/t12-/m1/s1. The highest BCUT2D eigenvalue weighted by Gasteiger charge is 2.19. The van der Waals surface area contributed by atoms with Crippen LogP contribution in [0, 0.1) is 5.92 Å². The Morgan fingerprint density at radius 1 is 1.28 bits per heavy atom. The second-order valence-electron chi connectivity index (χ2n) is 4.58. The molecule has 18 heavy (non-hydrogen) atoms. The molecule has 0 aliphatic heterocycles.